The summed E-state index contributed by atoms with van der Waals surface area (Å²) in [6, 6.07) is 2.12. The molecule has 0 atom stereocenters. The smallest absolute Gasteiger partial charge is 0.266 e. The van der Waals surface area contributed by atoms with Crippen molar-refractivity contribution in [1.29, 1.82) is 0 Å². The highest BCUT2D eigenvalue weighted by molar-refractivity contribution is 8.18. The lowest BCUT2D eigenvalue weighted by Crippen LogP contribution is -2.24. The zero-order valence-corrected chi connectivity index (χ0v) is 20.2. The molecule has 2 heterocycles. The van der Waals surface area contributed by atoms with Crippen LogP contribution in [0.25, 0.3) is 11.6 Å². The molecule has 162 valence electrons. The van der Waals surface area contributed by atoms with E-state index in [1.165, 1.54) is 17.3 Å². The number of amides is 1. The number of allylic oxidation sites excluding steroid dienone is 8. The number of likely N-dealkylation sites (N-methyl/N-ethyl adjacent to an activating group) is 1. The predicted molar refractivity (Wildman–Crippen MR) is 135 cm³/mol. The van der Waals surface area contributed by atoms with Crippen molar-refractivity contribution >= 4 is 57.4 Å². The fourth-order valence-corrected chi connectivity index (χ4v) is 5.04. The van der Waals surface area contributed by atoms with Gasteiger partial charge < -0.3 is 4.74 Å². The number of thioether (sulfide) groups is 1. The van der Waals surface area contributed by atoms with E-state index in [4.69, 9.17) is 16.3 Å². The number of hydrogen-bond acceptors (Lipinski definition) is 5. The summed E-state index contributed by atoms with van der Waals surface area (Å²) in [5, 5.41) is 3.65. The van der Waals surface area contributed by atoms with Gasteiger partial charge in [-0.25, -0.2) is 4.99 Å². The second-order valence-electron chi connectivity index (χ2n) is 6.95. The first kappa shape index (κ1) is 23.4. The first-order valence-corrected chi connectivity index (χ1v) is 12.0. The van der Waals surface area contributed by atoms with E-state index in [1.54, 1.807) is 30.4 Å². The van der Waals surface area contributed by atoms with Crippen molar-refractivity contribution in [2.45, 2.75) is 26.2 Å². The summed E-state index contributed by atoms with van der Waals surface area (Å²) in [6.45, 7) is 5.91. The topological polar surface area (TPSA) is 41.9 Å². The number of hydrogen-bond donors (Lipinski definition) is 0. The summed E-state index contributed by atoms with van der Waals surface area (Å²) in [7, 11) is 3.36. The lowest BCUT2D eigenvalue weighted by molar-refractivity contribution is -0.121. The van der Waals surface area contributed by atoms with Crippen LogP contribution in [0.15, 0.2) is 74.8 Å². The van der Waals surface area contributed by atoms with E-state index in [-0.39, 0.29) is 5.91 Å². The van der Waals surface area contributed by atoms with Gasteiger partial charge in [-0.1, -0.05) is 37.3 Å². The van der Waals surface area contributed by atoms with Crippen LogP contribution in [0.1, 0.15) is 36.6 Å². The van der Waals surface area contributed by atoms with Gasteiger partial charge in [-0.15, -0.1) is 11.3 Å². The van der Waals surface area contributed by atoms with Gasteiger partial charge in [0, 0.05) is 22.7 Å². The van der Waals surface area contributed by atoms with Gasteiger partial charge in [-0.05, 0) is 77.9 Å². The van der Waals surface area contributed by atoms with E-state index in [0.717, 1.165) is 40.4 Å². The summed E-state index contributed by atoms with van der Waals surface area (Å²) >= 11 is 9.05. The summed E-state index contributed by atoms with van der Waals surface area (Å²) in [5.41, 5.74) is 3.30. The Kier molecular flexibility index (Phi) is 8.18. The average molecular weight is 473 g/mol. The third-order valence-corrected chi connectivity index (χ3v) is 7.06. The van der Waals surface area contributed by atoms with Gasteiger partial charge in [0.1, 0.15) is 5.76 Å². The molecule has 0 bridgehead atoms. The number of halogens is 1. The number of nitrogens with zero attached hydrogens (tertiary/aromatic N) is 2. The maximum absolute atomic E-state index is 12.7. The maximum Gasteiger partial charge on any atom is 0.266 e. The summed E-state index contributed by atoms with van der Waals surface area (Å²) in [5.74, 6) is 0.583. The zero-order chi connectivity index (χ0) is 22.4. The molecule has 1 saturated heterocycles. The highest BCUT2D eigenvalue weighted by Crippen LogP contribution is 2.35. The lowest BCUT2D eigenvalue weighted by atomic mass is 10.1. The molecule has 4 nitrogen and oxygen atoms in total. The monoisotopic (exact) mass is 472 g/mol. The quantitative estimate of drug-likeness (QED) is 0.244. The van der Waals surface area contributed by atoms with Gasteiger partial charge in [0.25, 0.3) is 5.91 Å². The van der Waals surface area contributed by atoms with Gasteiger partial charge in [-0.2, -0.15) is 0 Å². The fourth-order valence-electron chi connectivity index (χ4n) is 2.95. The van der Waals surface area contributed by atoms with Crippen LogP contribution in [0.2, 0.25) is 0 Å². The molecule has 1 aromatic heterocycles. The third-order valence-electron chi connectivity index (χ3n) is 4.81. The maximum atomic E-state index is 12.7. The van der Waals surface area contributed by atoms with Crippen molar-refractivity contribution in [1.82, 2.24) is 4.90 Å². The number of thiophene rings is 1. The Morgan fingerprint density at radius 2 is 2.19 bits per heavy atom. The van der Waals surface area contributed by atoms with E-state index in [9.17, 15) is 4.79 Å². The first-order valence-electron chi connectivity index (χ1n) is 9.91. The number of methoxy groups -OCH3 is 1. The van der Waals surface area contributed by atoms with Crippen molar-refractivity contribution in [2.75, 3.05) is 14.2 Å². The molecule has 1 aliphatic carbocycles. The van der Waals surface area contributed by atoms with Crippen LogP contribution in [-0.2, 0) is 9.53 Å². The SMILES string of the molecule is C=C(C=CC=C(CC)c1csc(C=C2SC(=NC3=CC=C(Cl)CC3)N(C)C2=O)c1)OC. The molecule has 31 heavy (non-hydrogen) atoms. The summed E-state index contributed by atoms with van der Waals surface area (Å²) in [4.78, 5) is 20.7. The zero-order valence-electron chi connectivity index (χ0n) is 17.9. The predicted octanol–water partition coefficient (Wildman–Crippen LogP) is 6.96. The van der Waals surface area contributed by atoms with Crippen LogP contribution < -0.4 is 0 Å². The highest BCUT2D eigenvalue weighted by Gasteiger charge is 2.30. The third kappa shape index (κ3) is 6.12. The number of carbonyl (C=O) groups is 1. The molecule has 1 amide bonds. The van der Waals surface area contributed by atoms with E-state index in [0.29, 0.717) is 15.8 Å². The van der Waals surface area contributed by atoms with Crippen LogP contribution >= 0.6 is 34.7 Å². The summed E-state index contributed by atoms with van der Waals surface area (Å²) in [6.07, 6.45) is 14.0. The Balaban J connectivity index is 1.77. The second-order valence-corrected chi connectivity index (χ2v) is 9.39. The van der Waals surface area contributed by atoms with Gasteiger partial charge in [0.05, 0.1) is 12.0 Å². The van der Waals surface area contributed by atoms with Crippen LogP contribution in [0.3, 0.4) is 0 Å². The minimum absolute atomic E-state index is 0.0315. The Morgan fingerprint density at radius 3 is 2.87 bits per heavy atom. The lowest BCUT2D eigenvalue weighted by Gasteiger charge is -2.10. The van der Waals surface area contributed by atoms with Crippen molar-refractivity contribution in [3.05, 3.63) is 80.2 Å². The number of ether oxygens (including phenoxy) is 1. The molecular formula is C24H25ClN2O2S2. The van der Waals surface area contributed by atoms with Crippen LogP contribution in [0.4, 0.5) is 0 Å². The normalized spacial score (nSPS) is 20.1. The van der Waals surface area contributed by atoms with Crippen molar-refractivity contribution in [3.63, 3.8) is 0 Å². The largest absolute Gasteiger partial charge is 0.497 e. The van der Waals surface area contributed by atoms with Gasteiger partial charge in [0.2, 0.25) is 0 Å². The van der Waals surface area contributed by atoms with Crippen molar-refractivity contribution in [3.8, 4) is 0 Å². The number of aliphatic imine (C=N–C) groups is 1. The Morgan fingerprint density at radius 1 is 1.39 bits per heavy atom. The molecule has 0 aromatic carbocycles. The van der Waals surface area contributed by atoms with E-state index < -0.39 is 0 Å². The van der Waals surface area contributed by atoms with E-state index in [1.807, 2.05) is 30.4 Å². The summed E-state index contributed by atoms with van der Waals surface area (Å²) < 4.78 is 5.05. The van der Waals surface area contributed by atoms with Gasteiger partial charge in [0.15, 0.2) is 5.17 Å². The Labute approximate surface area is 197 Å². The number of amidine groups is 1. The number of carbonyl (C=O) groups excluding carboxylic acids is 1. The molecule has 7 heteroatoms. The molecule has 0 saturated carbocycles. The molecule has 1 aliphatic heterocycles. The van der Waals surface area contributed by atoms with Gasteiger partial charge >= 0.3 is 0 Å². The van der Waals surface area contributed by atoms with Crippen LogP contribution in [0.5, 0.6) is 0 Å². The fraction of sp³-hybridized carbons (Fsp3) is 0.250. The Hall–Kier alpha value is -2.28. The van der Waals surface area contributed by atoms with Crippen LogP contribution in [-0.4, -0.2) is 30.1 Å². The minimum Gasteiger partial charge on any atom is -0.497 e. The molecule has 2 aliphatic rings. The molecule has 0 spiro atoms. The highest BCUT2D eigenvalue weighted by atomic mass is 35.5. The molecule has 1 fully saturated rings. The second kappa shape index (κ2) is 10.8. The Bertz CT molecular complexity index is 1060. The van der Waals surface area contributed by atoms with Crippen LogP contribution in [0, 0.1) is 0 Å². The molecule has 0 N–H and O–H groups in total. The van der Waals surface area contributed by atoms with Gasteiger partial charge in [-0.3, -0.25) is 9.69 Å². The molecular weight excluding hydrogens is 448 g/mol. The molecule has 1 aromatic rings. The first-order chi connectivity index (χ1) is 14.9. The van der Waals surface area contributed by atoms with E-state index >= 15 is 0 Å². The average Bonchev–Trinajstić information content (AvgIpc) is 3.33. The minimum atomic E-state index is -0.0315. The van der Waals surface area contributed by atoms with E-state index in [2.05, 4.69) is 36.0 Å². The molecule has 0 radical (unpaired) electrons. The standard InChI is InChI=1S/C24H25ClN2O2S2/c1-5-17(8-6-7-16(2)29-4)18-13-21(30-15-18)14-22-23(28)27(3)24(31-22)26-20-11-9-19(25)10-12-20/h6-9,11,13-15H,2,5,10,12H2,1,3-4H3. The molecule has 3 rings (SSSR count). The number of rotatable bonds is 7. The van der Waals surface area contributed by atoms with Crippen molar-refractivity contribution < 1.29 is 9.53 Å². The van der Waals surface area contributed by atoms with Crippen molar-refractivity contribution in [2.24, 2.45) is 4.99 Å². The molecule has 0 unspecified atom stereocenters.